The summed E-state index contributed by atoms with van der Waals surface area (Å²) in [6, 6.07) is 0. The summed E-state index contributed by atoms with van der Waals surface area (Å²) in [6.45, 7) is 24.3. The summed E-state index contributed by atoms with van der Waals surface area (Å²) >= 11 is 0. The molecular weight excluding hydrogens is 1040 g/mol. The molecule has 12 aliphatic rings. The second-order valence-corrected chi connectivity index (χ2v) is 35.7. The van der Waals surface area contributed by atoms with Crippen molar-refractivity contribution in [3.05, 3.63) is 0 Å². The van der Waals surface area contributed by atoms with Crippen LogP contribution >= 0.6 is 0 Å². The van der Waals surface area contributed by atoms with E-state index >= 15 is 0 Å². The van der Waals surface area contributed by atoms with Crippen molar-refractivity contribution in [1.82, 2.24) is 0 Å². The first-order chi connectivity index (χ1) is 41.6. The standard InChI is InChI=1S/2C14H26O.4C14H26.10H2/c2*1-11-3-5-12(6-4-11)13-7-9-14(15-2)10-8-13;4*1-11-3-7-13(8-4-11)14-9-5-12(2)6-10-14;;;;;;;;;;/h2*11-14H,3-10H2,1-2H3;4*11-14H,3-10H2,1-2H3;10*1H. The van der Waals surface area contributed by atoms with Crippen LogP contribution in [-0.2, 0) is 9.47 Å². The molecule has 12 saturated carbocycles. The minimum atomic E-state index is 0. The molecule has 0 aliphatic heterocycles. The van der Waals surface area contributed by atoms with E-state index in [0.717, 1.165) is 130 Å². The predicted octanol–water partition coefficient (Wildman–Crippen LogP) is 29.1. The molecule has 12 fully saturated rings. The van der Waals surface area contributed by atoms with E-state index in [9.17, 15) is 0 Å². The highest BCUT2D eigenvalue weighted by Crippen LogP contribution is 2.47. The number of hydrogen-bond donors (Lipinski definition) is 0. The Labute approximate surface area is 555 Å². The van der Waals surface area contributed by atoms with Gasteiger partial charge >= 0.3 is 0 Å². The molecule has 0 aromatic heterocycles. The zero-order valence-corrected chi connectivity index (χ0v) is 60.6. The van der Waals surface area contributed by atoms with E-state index in [1.54, 1.807) is 103 Å². The predicted molar refractivity (Wildman–Crippen MR) is 398 cm³/mol. The van der Waals surface area contributed by atoms with Gasteiger partial charge in [0, 0.05) is 28.5 Å². The molecule has 2 nitrogen and oxygen atoms in total. The van der Waals surface area contributed by atoms with Gasteiger partial charge in [-0.15, -0.1) is 0 Å². The molecule has 0 unspecified atom stereocenters. The van der Waals surface area contributed by atoms with Crippen molar-refractivity contribution in [3.8, 4) is 0 Å². The van der Waals surface area contributed by atoms with Gasteiger partial charge in [-0.3, -0.25) is 0 Å². The first-order valence-corrected chi connectivity index (χ1v) is 40.7. The zero-order chi connectivity index (χ0) is 61.2. The number of rotatable bonds is 8. The van der Waals surface area contributed by atoms with Crippen molar-refractivity contribution in [2.75, 3.05) is 14.2 Å². The number of methoxy groups -OCH3 is 2. The van der Waals surface area contributed by atoms with Gasteiger partial charge in [-0.25, -0.2) is 0 Å². The highest BCUT2D eigenvalue weighted by Gasteiger charge is 2.35. The molecule has 0 saturated heterocycles. The molecule has 12 rings (SSSR count). The monoisotopic (exact) mass is 1220 g/mol. The first-order valence-electron chi connectivity index (χ1n) is 40.7. The summed E-state index contributed by atoms with van der Waals surface area (Å²) in [6.07, 6.45) is 72.9. The minimum absolute atomic E-state index is 0. The second kappa shape index (κ2) is 40.2. The van der Waals surface area contributed by atoms with Gasteiger partial charge in [0.15, 0.2) is 0 Å². The summed E-state index contributed by atoms with van der Waals surface area (Å²) in [7, 11) is 3.74. The second-order valence-electron chi connectivity index (χ2n) is 35.7. The van der Waals surface area contributed by atoms with Gasteiger partial charge in [0.25, 0.3) is 0 Å². The van der Waals surface area contributed by atoms with Crippen LogP contribution in [0.3, 0.4) is 0 Å². The number of hydrogen-bond acceptors (Lipinski definition) is 2. The summed E-state index contributed by atoms with van der Waals surface area (Å²) in [5.41, 5.74) is 0. The Hall–Kier alpha value is -0.0800. The van der Waals surface area contributed by atoms with Crippen molar-refractivity contribution in [1.29, 1.82) is 0 Å². The Bertz CT molecular complexity index is 1370. The van der Waals surface area contributed by atoms with E-state index in [0.29, 0.717) is 12.2 Å². The van der Waals surface area contributed by atoms with Crippen molar-refractivity contribution < 1.29 is 23.7 Å². The van der Waals surface area contributed by atoms with E-state index in [-0.39, 0.29) is 14.3 Å². The van der Waals surface area contributed by atoms with Crippen LogP contribution in [0.5, 0.6) is 0 Å². The molecule has 0 bridgehead atoms. The molecule has 0 aromatic rings. The average molecular weight is 1220 g/mol. The Morgan fingerprint density at radius 3 is 0.302 bits per heavy atom. The maximum Gasteiger partial charge on any atom is 0.0571 e. The molecule has 524 valence electrons. The highest BCUT2D eigenvalue weighted by molar-refractivity contribution is 4.86. The fraction of sp³-hybridized carbons (Fsp3) is 1.00. The molecule has 0 aromatic carbocycles. The smallest absolute Gasteiger partial charge is 0.0571 e. The summed E-state index contributed by atoms with van der Waals surface area (Å²) in [4.78, 5) is 0. The van der Waals surface area contributed by atoms with Crippen LogP contribution in [0.25, 0.3) is 0 Å². The van der Waals surface area contributed by atoms with E-state index in [1.807, 2.05) is 14.2 Å². The summed E-state index contributed by atoms with van der Waals surface area (Å²) in [5.74, 6) is 23.2. The van der Waals surface area contributed by atoms with E-state index in [4.69, 9.17) is 9.47 Å². The maximum absolute atomic E-state index is 5.44. The van der Waals surface area contributed by atoms with Crippen LogP contribution in [0.1, 0.15) is 392 Å². The van der Waals surface area contributed by atoms with Crippen molar-refractivity contribution in [2.45, 2.75) is 390 Å². The van der Waals surface area contributed by atoms with E-state index < -0.39 is 0 Å². The third-order valence-electron chi connectivity index (χ3n) is 28.7. The van der Waals surface area contributed by atoms with Crippen LogP contribution < -0.4 is 0 Å². The van der Waals surface area contributed by atoms with Gasteiger partial charge in [-0.2, -0.15) is 0 Å². The molecule has 0 spiro atoms. The molecule has 0 N–H and O–H groups in total. The lowest BCUT2D eigenvalue weighted by atomic mass is 9.70. The molecular formula is C84H176O2. The van der Waals surface area contributed by atoms with Gasteiger partial charge in [0.1, 0.15) is 0 Å². The van der Waals surface area contributed by atoms with E-state index in [2.05, 4.69) is 69.2 Å². The van der Waals surface area contributed by atoms with Gasteiger partial charge < -0.3 is 9.47 Å². The molecule has 0 radical (unpaired) electrons. The molecule has 12 aliphatic carbocycles. The Balaban J connectivity index is -0.000000518. The molecule has 2 heteroatoms. The van der Waals surface area contributed by atoms with Crippen molar-refractivity contribution >= 4 is 0 Å². The normalized spacial score (nSPS) is 44.2. The largest absolute Gasteiger partial charge is 0.381 e. The first kappa shape index (κ1) is 73.3. The zero-order valence-electron chi connectivity index (χ0n) is 60.6. The summed E-state index contributed by atoms with van der Waals surface area (Å²) < 4.78 is 10.9. The topological polar surface area (TPSA) is 18.5 Å². The lowest BCUT2D eigenvalue weighted by Crippen LogP contribution is -2.27. The average Bonchev–Trinajstić information content (AvgIpc) is 1.34. The van der Waals surface area contributed by atoms with Crippen LogP contribution in [-0.4, -0.2) is 26.4 Å². The quantitative estimate of drug-likeness (QED) is 0.241. The fourth-order valence-electron chi connectivity index (χ4n) is 21.2. The van der Waals surface area contributed by atoms with E-state index in [1.165, 1.54) is 205 Å². The lowest BCUT2D eigenvalue weighted by molar-refractivity contribution is 0.0398. The van der Waals surface area contributed by atoms with Gasteiger partial charge in [0.2, 0.25) is 0 Å². The summed E-state index contributed by atoms with van der Waals surface area (Å²) in [5, 5.41) is 0. The minimum Gasteiger partial charge on any atom is -0.381 e. The maximum atomic E-state index is 5.44. The SMILES string of the molecule is CC1CCC(C2CCC(C)CC2)CC1.CC1CCC(C2CCC(C)CC2)CC1.CC1CCC(C2CCC(C)CC2)CC1.CC1CCC(C2CCC(C)CC2)CC1.COC1CCC(C2CCC(C)CC2)CC1.COC1CCC(C2CCC(C)CC2)CC1.[HH].[HH].[HH].[HH].[HH].[HH].[HH].[HH].[HH].[HH]. The molecule has 0 heterocycles. The Morgan fingerprint density at radius 1 is 0.140 bits per heavy atom. The van der Waals surface area contributed by atoms with Crippen LogP contribution in [0.4, 0.5) is 0 Å². The van der Waals surface area contributed by atoms with Crippen molar-refractivity contribution in [2.24, 2.45) is 130 Å². The molecule has 0 atom stereocenters. The third kappa shape index (κ3) is 26.4. The van der Waals surface area contributed by atoms with Crippen molar-refractivity contribution in [3.63, 3.8) is 0 Å². The lowest BCUT2D eigenvalue weighted by Gasteiger charge is -2.36. The Kier molecular flexibility index (Phi) is 34.3. The fourth-order valence-corrected chi connectivity index (χ4v) is 21.2. The Morgan fingerprint density at radius 2 is 0.221 bits per heavy atom. The van der Waals surface area contributed by atoms with Crippen LogP contribution in [0.2, 0.25) is 0 Å². The van der Waals surface area contributed by atoms with Gasteiger partial charge in [0.05, 0.1) is 12.2 Å². The van der Waals surface area contributed by atoms with Gasteiger partial charge in [-0.1, -0.05) is 198 Å². The van der Waals surface area contributed by atoms with Gasteiger partial charge in [-0.05, 0) is 310 Å². The molecule has 0 amide bonds. The highest BCUT2D eigenvalue weighted by atomic mass is 16.5. The van der Waals surface area contributed by atoms with Crippen LogP contribution in [0.15, 0.2) is 0 Å². The third-order valence-corrected chi connectivity index (χ3v) is 28.7. The number of ether oxygens (including phenoxy) is 2. The molecule has 86 heavy (non-hydrogen) atoms. The van der Waals surface area contributed by atoms with Crippen LogP contribution in [0, 0.1) is 130 Å².